The zero-order chi connectivity index (χ0) is 44.9. The van der Waals surface area contributed by atoms with Crippen molar-refractivity contribution in [2.24, 2.45) is 0 Å². The van der Waals surface area contributed by atoms with E-state index in [2.05, 4.69) is 18.0 Å². The van der Waals surface area contributed by atoms with Crippen molar-refractivity contribution in [2.45, 2.75) is 255 Å². The summed E-state index contributed by atoms with van der Waals surface area (Å²) in [6.45, 7) is 2.72. The Hall–Kier alpha value is -1.51. The minimum atomic E-state index is -5.53. The van der Waals surface area contributed by atoms with Crippen LogP contribution in [-0.2, 0) is 47.9 Å². The average Bonchev–Trinajstić information content (AvgIpc) is 3.22. The number of carbonyl (C=O) groups excluding carboxylic acids is 2. The summed E-state index contributed by atoms with van der Waals surface area (Å²) in [7, 11) is -5.53. The fraction of sp³-hybridized carbons (Fsp3) is 0.955. The van der Waals surface area contributed by atoms with Crippen molar-refractivity contribution in [3.05, 3.63) is 0 Å². The van der Waals surface area contributed by atoms with E-state index in [9.17, 15) is 48.1 Å². The van der Waals surface area contributed by atoms with E-state index in [1.807, 2.05) is 0 Å². The van der Waals surface area contributed by atoms with Crippen LogP contribution in [0.3, 0.4) is 0 Å². The Morgan fingerprint density at radius 2 is 0.820 bits per heavy atom. The Balaban J connectivity index is 2.04. The lowest BCUT2D eigenvalue weighted by atomic mass is 9.97. The van der Waals surface area contributed by atoms with Gasteiger partial charge in [0, 0.05) is 12.8 Å². The zero-order valence-corrected chi connectivity index (χ0v) is 37.9. The van der Waals surface area contributed by atoms with Crippen LogP contribution in [0.2, 0.25) is 0 Å². The van der Waals surface area contributed by atoms with Gasteiger partial charge in [0.1, 0.15) is 30.5 Å². The third kappa shape index (κ3) is 23.3. The maximum Gasteiger partial charge on any atom is 0.306 e. The number of hydrogen-bond acceptors (Lipinski definition) is 16. The molecule has 0 amide bonds. The number of unbranched alkanes of at least 4 members (excludes halogenated alkanes) is 24. The fourth-order valence-corrected chi connectivity index (χ4v) is 8.42. The Morgan fingerprint density at radius 1 is 0.492 bits per heavy atom. The van der Waals surface area contributed by atoms with Gasteiger partial charge >= 0.3 is 11.9 Å². The van der Waals surface area contributed by atoms with Gasteiger partial charge in [0.15, 0.2) is 24.6 Å². The van der Waals surface area contributed by atoms with Gasteiger partial charge in [0.05, 0.1) is 13.2 Å². The number of rotatable bonds is 36. The highest BCUT2D eigenvalue weighted by molar-refractivity contribution is 7.80. The summed E-state index contributed by atoms with van der Waals surface area (Å²) in [6, 6.07) is 0. The molecular formula is C44H81O16S-. The highest BCUT2D eigenvalue weighted by atomic mass is 32.3. The maximum atomic E-state index is 13.3. The highest BCUT2D eigenvalue weighted by Crippen LogP contribution is 2.33. The standard InChI is InChI=1S/C44H82O16S/c1-3-5-7-9-11-13-15-17-19-21-23-25-27-29-35(47)57-40-38(50)34(32-46)56-44(59-43-41(60-61(52,53)54)39(51)37(49)33(31-45)55-43)42(40)58-36(48)30-28-26-24-22-20-18-16-14-12-10-8-6-4-2/h33-34,37-46,49-51H,3-32H2,1-2H3,(H,52,53,54)/p-1/t33-,34-,37-,38-,39+,40+,41-,42-,43-,44-/m1/s1. The van der Waals surface area contributed by atoms with Gasteiger partial charge in [-0.25, -0.2) is 8.42 Å². The molecule has 61 heavy (non-hydrogen) atoms. The van der Waals surface area contributed by atoms with Crippen LogP contribution in [0.4, 0.5) is 0 Å². The maximum absolute atomic E-state index is 13.3. The number of esters is 2. The molecule has 2 rings (SSSR count). The summed E-state index contributed by atoms with van der Waals surface area (Å²) in [6.07, 6.45) is 10.5. The van der Waals surface area contributed by atoms with Crippen molar-refractivity contribution < 1.29 is 76.0 Å². The molecule has 2 aliphatic rings. The molecule has 0 bridgehead atoms. The van der Waals surface area contributed by atoms with E-state index in [4.69, 9.17) is 23.7 Å². The van der Waals surface area contributed by atoms with Crippen LogP contribution in [0, 0.1) is 0 Å². The molecule has 360 valence electrons. The van der Waals surface area contributed by atoms with Crippen molar-refractivity contribution >= 4 is 22.3 Å². The minimum Gasteiger partial charge on any atom is -0.726 e. The smallest absolute Gasteiger partial charge is 0.306 e. The van der Waals surface area contributed by atoms with Crippen LogP contribution in [0.15, 0.2) is 0 Å². The largest absolute Gasteiger partial charge is 0.726 e. The molecule has 0 aromatic carbocycles. The second-order valence-electron chi connectivity index (χ2n) is 16.9. The first kappa shape index (κ1) is 55.6. The van der Waals surface area contributed by atoms with E-state index in [0.717, 1.165) is 51.4 Å². The van der Waals surface area contributed by atoms with Gasteiger partial charge in [-0.05, 0) is 12.8 Å². The van der Waals surface area contributed by atoms with Crippen molar-refractivity contribution in [1.29, 1.82) is 0 Å². The monoisotopic (exact) mass is 898 g/mol. The van der Waals surface area contributed by atoms with Crippen LogP contribution in [0.1, 0.15) is 194 Å². The van der Waals surface area contributed by atoms with Crippen molar-refractivity contribution in [3.63, 3.8) is 0 Å². The molecule has 2 aliphatic heterocycles. The van der Waals surface area contributed by atoms with E-state index in [0.29, 0.717) is 12.8 Å². The first-order chi connectivity index (χ1) is 29.4. The normalized spacial score (nSPS) is 27.0. The van der Waals surface area contributed by atoms with E-state index >= 15 is 0 Å². The molecule has 5 N–H and O–H groups in total. The van der Waals surface area contributed by atoms with Crippen molar-refractivity contribution in [2.75, 3.05) is 13.2 Å². The molecule has 2 heterocycles. The number of hydrogen-bond donors (Lipinski definition) is 5. The van der Waals surface area contributed by atoms with Gasteiger partial charge in [-0.1, -0.05) is 168 Å². The minimum absolute atomic E-state index is 0.0119. The predicted octanol–water partition coefficient (Wildman–Crippen LogP) is 6.15. The summed E-state index contributed by atoms with van der Waals surface area (Å²) in [5.74, 6) is -1.46. The molecule has 2 fully saturated rings. The molecule has 0 spiro atoms. The number of aliphatic hydroxyl groups is 5. The Morgan fingerprint density at radius 3 is 1.18 bits per heavy atom. The first-order valence-electron chi connectivity index (χ1n) is 23.6. The van der Waals surface area contributed by atoms with Gasteiger partial charge in [-0.2, -0.15) is 0 Å². The number of ether oxygens (including phenoxy) is 5. The fourth-order valence-electron chi connectivity index (χ4n) is 7.94. The van der Waals surface area contributed by atoms with Crippen molar-refractivity contribution in [3.8, 4) is 0 Å². The summed E-state index contributed by atoms with van der Waals surface area (Å²) in [5.41, 5.74) is 0. The number of carbonyl (C=O) groups is 2. The van der Waals surface area contributed by atoms with E-state index in [1.54, 1.807) is 0 Å². The molecule has 0 radical (unpaired) electrons. The van der Waals surface area contributed by atoms with Crippen LogP contribution in [0.25, 0.3) is 0 Å². The van der Waals surface area contributed by atoms with E-state index < -0.39 is 97.0 Å². The highest BCUT2D eigenvalue weighted by Gasteiger charge is 2.54. The molecule has 2 saturated heterocycles. The molecule has 17 heteroatoms. The first-order valence-corrected chi connectivity index (χ1v) is 24.9. The molecule has 0 unspecified atom stereocenters. The Bertz CT molecular complexity index is 1240. The third-order valence-electron chi connectivity index (χ3n) is 11.6. The van der Waals surface area contributed by atoms with Crippen LogP contribution >= 0.6 is 0 Å². The zero-order valence-electron chi connectivity index (χ0n) is 37.1. The molecular weight excluding hydrogens is 817 g/mol. The SMILES string of the molecule is CCCCCCCCCCCCCCCC(=O)O[C@H]1[C@@H](O[C@H]2O[C@H](CO)[C@@H](O)[C@H](O)[C@H]2OS(=O)(=O)[O-])O[C@H](CO)[C@@H](O)[C@@H]1OC(=O)CCCCCCCCCCCCCCC. The third-order valence-corrected chi connectivity index (χ3v) is 12.1. The van der Waals surface area contributed by atoms with E-state index in [-0.39, 0.29) is 12.8 Å². The average molecular weight is 898 g/mol. The summed E-state index contributed by atoms with van der Waals surface area (Å²) >= 11 is 0. The quantitative estimate of drug-likeness (QED) is 0.0205. The lowest BCUT2D eigenvalue weighted by Crippen LogP contribution is -2.65. The second-order valence-corrected chi connectivity index (χ2v) is 17.9. The lowest BCUT2D eigenvalue weighted by molar-refractivity contribution is -0.374. The summed E-state index contributed by atoms with van der Waals surface area (Å²) < 4.78 is 67.7. The molecule has 10 atom stereocenters. The molecule has 0 aromatic rings. The van der Waals surface area contributed by atoms with E-state index in [1.165, 1.54) is 103 Å². The van der Waals surface area contributed by atoms with Gasteiger partial charge < -0.3 is 53.8 Å². The number of aliphatic hydroxyl groups excluding tert-OH is 5. The van der Waals surface area contributed by atoms with Crippen LogP contribution in [-0.4, -0.2) is 125 Å². The molecule has 0 aliphatic carbocycles. The summed E-state index contributed by atoms with van der Waals surface area (Å²) in [4.78, 5) is 26.5. The Labute approximate surface area is 365 Å². The van der Waals surface area contributed by atoms with Gasteiger partial charge in [0.2, 0.25) is 16.7 Å². The van der Waals surface area contributed by atoms with Gasteiger partial charge in [0.25, 0.3) is 0 Å². The summed E-state index contributed by atoms with van der Waals surface area (Å²) in [5, 5.41) is 52.2. The Kier molecular flexibility index (Phi) is 30.1. The molecule has 0 aromatic heterocycles. The van der Waals surface area contributed by atoms with Gasteiger partial charge in [-0.3, -0.25) is 13.8 Å². The van der Waals surface area contributed by atoms with Gasteiger partial charge in [-0.15, -0.1) is 0 Å². The second kappa shape index (κ2) is 33.0. The molecule has 0 saturated carbocycles. The predicted molar refractivity (Wildman–Crippen MR) is 226 cm³/mol. The van der Waals surface area contributed by atoms with Crippen LogP contribution < -0.4 is 0 Å². The molecule has 16 nitrogen and oxygen atoms in total. The van der Waals surface area contributed by atoms with Crippen LogP contribution in [0.5, 0.6) is 0 Å². The topological polar surface area (TPSA) is 248 Å². The van der Waals surface area contributed by atoms with Crippen molar-refractivity contribution in [1.82, 2.24) is 0 Å². The lowest BCUT2D eigenvalue weighted by Gasteiger charge is -2.46.